The maximum atomic E-state index is 0. The molecule has 0 aromatic carbocycles. The molecule has 0 atom stereocenters. The van der Waals surface area contributed by atoms with Crippen molar-refractivity contribution in [3.63, 3.8) is 0 Å². The van der Waals surface area contributed by atoms with Crippen molar-refractivity contribution in [2.45, 2.75) is 0 Å². The summed E-state index contributed by atoms with van der Waals surface area (Å²) in [7, 11) is 0. The minimum absolute atomic E-state index is 0. The number of hydrogen-bond acceptors (Lipinski definition) is 0. The van der Waals surface area contributed by atoms with Crippen LogP contribution in [-0.2, 0) is 19.5 Å². The zero-order chi connectivity index (χ0) is 0. The standard InChI is InChI=1S/Al.Mg.Sr.Zn.7H/q;2*+2;;;;;4*-1. The molecule has 0 radical (unpaired) electrons. The summed E-state index contributed by atoms with van der Waals surface area (Å²) in [5.41, 5.74) is 0. The first kappa shape index (κ1) is 26.2. The van der Waals surface area contributed by atoms with Crippen LogP contribution in [0.4, 0.5) is 0 Å². The molecule has 0 aliphatic carbocycles. The molecule has 0 amide bonds. The Labute approximate surface area is 109 Å². The Morgan fingerprint density at radius 3 is 1.25 bits per heavy atom. The van der Waals surface area contributed by atoms with Gasteiger partial charge in [0.1, 0.15) is 0 Å². The molecule has 0 aromatic rings. The van der Waals surface area contributed by atoms with Crippen LogP contribution in [0, 0.1) is 0 Å². The summed E-state index contributed by atoms with van der Waals surface area (Å²) in [6.45, 7) is 0. The summed E-state index contributed by atoms with van der Waals surface area (Å²) in [6, 6.07) is 0. The SMILES string of the molecule is [AlH3].[H-].[H-].[H-].[H-].[Mg+2].[Sr+2].[Zn]. The normalized spacial score (nSPS) is 0. The van der Waals surface area contributed by atoms with Gasteiger partial charge in [-0.1, -0.05) is 0 Å². The first-order chi connectivity index (χ1) is 0. The Bertz CT molecular complexity index is 16.0. The molecular weight excluding hydrogens is 204 g/mol. The molecule has 4 heavy (non-hydrogen) atoms. The van der Waals surface area contributed by atoms with E-state index in [1.54, 1.807) is 0 Å². The van der Waals surface area contributed by atoms with Gasteiger partial charge in [0.05, 0.1) is 0 Å². The van der Waals surface area contributed by atoms with E-state index in [0.29, 0.717) is 0 Å². The van der Waals surface area contributed by atoms with E-state index in [2.05, 4.69) is 0 Å². The van der Waals surface area contributed by atoms with E-state index in [9.17, 15) is 0 Å². The van der Waals surface area contributed by atoms with Crippen molar-refractivity contribution in [3.05, 3.63) is 0 Å². The number of rotatable bonds is 0. The average Bonchev–Trinajstić information content (AvgIpc) is 0. The first-order valence-electron chi connectivity index (χ1n) is 0. The van der Waals surface area contributed by atoms with Gasteiger partial charge in [-0.25, -0.2) is 0 Å². The smallest absolute Gasteiger partial charge is 1.00 e. The Morgan fingerprint density at radius 2 is 1.25 bits per heavy atom. The van der Waals surface area contributed by atoms with Crippen LogP contribution in [0.3, 0.4) is 0 Å². The Balaban J connectivity index is 0. The first-order valence-corrected chi connectivity index (χ1v) is 0. The van der Waals surface area contributed by atoms with Gasteiger partial charge in [-0.2, -0.15) is 0 Å². The predicted octanol–water partition coefficient (Wildman–Crippen LogP) is -1.50. The number of hydrogen-bond donors (Lipinski definition) is 0. The van der Waals surface area contributed by atoms with Crippen LogP contribution in [-0.4, -0.2) is 85.9 Å². The van der Waals surface area contributed by atoms with Gasteiger partial charge >= 0.3 is 68.5 Å². The summed E-state index contributed by atoms with van der Waals surface area (Å²) in [5, 5.41) is 0. The van der Waals surface area contributed by atoms with E-state index in [1.165, 1.54) is 0 Å². The summed E-state index contributed by atoms with van der Waals surface area (Å²) in [4.78, 5) is 0. The topological polar surface area (TPSA) is 0 Å². The third-order valence-corrected chi connectivity index (χ3v) is 0. The van der Waals surface area contributed by atoms with Gasteiger partial charge in [0.25, 0.3) is 0 Å². The third-order valence-electron chi connectivity index (χ3n) is 0. The Morgan fingerprint density at radius 1 is 1.25 bits per heavy atom. The van der Waals surface area contributed by atoms with Crippen molar-refractivity contribution in [2.24, 2.45) is 0 Å². The van der Waals surface area contributed by atoms with E-state index in [4.69, 9.17) is 0 Å². The van der Waals surface area contributed by atoms with E-state index >= 15 is 0 Å². The fourth-order valence-corrected chi connectivity index (χ4v) is 0. The summed E-state index contributed by atoms with van der Waals surface area (Å²) < 4.78 is 0. The molecule has 0 heterocycles. The molecular formula is H7AlMgSrZn. The van der Waals surface area contributed by atoms with Gasteiger partial charge in [0.15, 0.2) is 17.4 Å². The second-order valence-corrected chi connectivity index (χ2v) is 0. The van der Waals surface area contributed by atoms with Crippen LogP contribution in [0.1, 0.15) is 5.71 Å². The average molecular weight is 211 g/mol. The molecule has 0 aliphatic rings. The molecule has 4 heteroatoms. The van der Waals surface area contributed by atoms with E-state index < -0.39 is 0 Å². The van der Waals surface area contributed by atoms with Crippen LogP contribution >= 0.6 is 0 Å². The zero-order valence-electron chi connectivity index (χ0n) is 6.12. The molecule has 0 saturated heterocycles. The van der Waals surface area contributed by atoms with Crippen LogP contribution in [0.25, 0.3) is 0 Å². The maximum Gasteiger partial charge on any atom is 2.00 e. The predicted molar refractivity (Wildman–Crippen MR) is 25.9 cm³/mol. The summed E-state index contributed by atoms with van der Waals surface area (Å²) in [6.07, 6.45) is 0. The molecule has 0 aliphatic heterocycles. The summed E-state index contributed by atoms with van der Waals surface area (Å²) >= 11 is 0. The maximum absolute atomic E-state index is 0. The quantitative estimate of drug-likeness (QED) is 0.428. The molecule has 0 spiro atoms. The van der Waals surface area contributed by atoms with Gasteiger partial charge in [0, 0.05) is 19.5 Å². The van der Waals surface area contributed by atoms with Crippen LogP contribution in [0.2, 0.25) is 0 Å². The van der Waals surface area contributed by atoms with Crippen LogP contribution in [0.5, 0.6) is 0 Å². The molecule has 0 fully saturated rings. The molecule has 0 saturated carbocycles. The van der Waals surface area contributed by atoms with Crippen LogP contribution < -0.4 is 0 Å². The van der Waals surface area contributed by atoms with Gasteiger partial charge in [-0.05, 0) is 0 Å². The molecule has 0 rings (SSSR count). The molecule has 0 unspecified atom stereocenters. The molecule has 16 valence electrons. The van der Waals surface area contributed by atoms with Crippen LogP contribution in [0.15, 0.2) is 0 Å². The van der Waals surface area contributed by atoms with Gasteiger partial charge in [-0.3, -0.25) is 0 Å². The van der Waals surface area contributed by atoms with Crippen molar-refractivity contribution < 1.29 is 25.2 Å². The van der Waals surface area contributed by atoms with Gasteiger partial charge in [0.2, 0.25) is 0 Å². The van der Waals surface area contributed by atoms with E-state index in [1.807, 2.05) is 0 Å². The fraction of sp³-hybridized carbons (Fsp3) is 0. The molecule has 0 nitrogen and oxygen atoms in total. The third kappa shape index (κ3) is 9.04. The second-order valence-electron chi connectivity index (χ2n) is 0. The van der Waals surface area contributed by atoms with Crippen molar-refractivity contribution in [2.75, 3.05) is 0 Å². The van der Waals surface area contributed by atoms with Crippen molar-refractivity contribution in [3.8, 4) is 0 Å². The zero-order valence-corrected chi connectivity index (χ0v) is 9.98. The Kier molecular flexibility index (Phi) is 106. The molecule has 0 bridgehead atoms. The summed E-state index contributed by atoms with van der Waals surface area (Å²) in [5.74, 6) is 0. The molecule has 0 aromatic heterocycles. The van der Waals surface area contributed by atoms with Gasteiger partial charge < -0.3 is 5.71 Å². The minimum atomic E-state index is 0. The van der Waals surface area contributed by atoms with E-state index in [-0.39, 0.29) is 111 Å². The van der Waals surface area contributed by atoms with Gasteiger partial charge in [-0.15, -0.1) is 0 Å². The van der Waals surface area contributed by atoms with Crippen molar-refractivity contribution >= 4 is 85.9 Å². The second kappa shape index (κ2) is 16.1. The monoisotopic (exact) mass is 210 g/mol. The minimum Gasteiger partial charge on any atom is -1.00 e. The molecule has 0 N–H and O–H groups in total. The fourth-order valence-electron chi connectivity index (χ4n) is 0. The van der Waals surface area contributed by atoms with E-state index in [0.717, 1.165) is 0 Å². The van der Waals surface area contributed by atoms with Crippen molar-refractivity contribution in [1.82, 2.24) is 0 Å². The van der Waals surface area contributed by atoms with Crippen molar-refractivity contribution in [1.29, 1.82) is 0 Å². The largest absolute Gasteiger partial charge is 2.00 e. The Hall–Kier alpha value is 3.40.